The zero-order chi connectivity index (χ0) is 14.4. The molecule has 0 N–H and O–H groups in total. The van der Waals surface area contributed by atoms with Crippen LogP contribution in [0.4, 0.5) is 0 Å². The molecular weight excluding hydrogens is 254 g/mol. The van der Waals surface area contributed by atoms with Crippen LogP contribution in [0.15, 0.2) is 35.5 Å². The van der Waals surface area contributed by atoms with Gasteiger partial charge in [-0.25, -0.2) is 0 Å². The van der Waals surface area contributed by atoms with E-state index < -0.39 is 0 Å². The normalized spacial score (nSPS) is 17.4. The maximum Gasteiger partial charge on any atom is 0.180 e. The van der Waals surface area contributed by atoms with Crippen LogP contribution in [-0.4, -0.2) is 23.4 Å². The Morgan fingerprint density at radius 1 is 1.25 bits per heavy atom. The van der Waals surface area contributed by atoms with Crippen molar-refractivity contribution in [1.82, 2.24) is 0 Å². The van der Waals surface area contributed by atoms with E-state index >= 15 is 0 Å². The van der Waals surface area contributed by atoms with Crippen molar-refractivity contribution >= 4 is 17.3 Å². The van der Waals surface area contributed by atoms with Crippen LogP contribution in [0.3, 0.4) is 0 Å². The molecule has 20 heavy (non-hydrogen) atoms. The number of aryl methyl sites for hydroxylation is 1. The van der Waals surface area contributed by atoms with E-state index in [1.54, 1.807) is 6.92 Å². The molecule has 0 radical (unpaired) electrons. The van der Waals surface area contributed by atoms with Gasteiger partial charge in [-0.15, -0.1) is 0 Å². The van der Waals surface area contributed by atoms with E-state index in [0.29, 0.717) is 31.4 Å². The van der Waals surface area contributed by atoms with Gasteiger partial charge in [0.1, 0.15) is 17.6 Å². The maximum absolute atomic E-state index is 12.0. The standard InChI is InChI=1S/C16H19NO3/c1-12(18)7-9-14-11-15(17-20-14)16(19)10-8-13-5-3-2-4-6-13/h2-6,14H,7-11H2,1H3. The van der Waals surface area contributed by atoms with E-state index in [2.05, 4.69) is 5.16 Å². The van der Waals surface area contributed by atoms with Gasteiger partial charge in [-0.2, -0.15) is 0 Å². The van der Waals surface area contributed by atoms with Gasteiger partial charge in [0.15, 0.2) is 5.78 Å². The fraction of sp³-hybridized carbons (Fsp3) is 0.438. The van der Waals surface area contributed by atoms with Gasteiger partial charge in [0.05, 0.1) is 0 Å². The average Bonchev–Trinajstić information content (AvgIpc) is 2.92. The number of benzene rings is 1. The summed E-state index contributed by atoms with van der Waals surface area (Å²) in [4.78, 5) is 28.1. The second-order valence-corrected chi connectivity index (χ2v) is 5.12. The van der Waals surface area contributed by atoms with E-state index in [-0.39, 0.29) is 17.7 Å². The number of rotatable bonds is 7. The lowest BCUT2D eigenvalue weighted by Gasteiger charge is -2.05. The Morgan fingerprint density at radius 2 is 2.00 bits per heavy atom. The zero-order valence-corrected chi connectivity index (χ0v) is 11.7. The molecule has 0 aromatic heterocycles. The Kier molecular flexibility index (Phi) is 5.04. The number of Topliss-reactive ketones (excluding diaryl/α,β-unsaturated/α-hetero) is 2. The second kappa shape index (κ2) is 6.98. The first-order chi connectivity index (χ1) is 9.65. The third-order valence-corrected chi connectivity index (χ3v) is 3.36. The second-order valence-electron chi connectivity index (χ2n) is 5.12. The third-order valence-electron chi connectivity index (χ3n) is 3.36. The first-order valence-corrected chi connectivity index (χ1v) is 6.94. The summed E-state index contributed by atoms with van der Waals surface area (Å²) in [5, 5.41) is 3.86. The molecule has 1 aromatic rings. The highest BCUT2D eigenvalue weighted by atomic mass is 16.6. The summed E-state index contributed by atoms with van der Waals surface area (Å²) in [6.45, 7) is 1.56. The van der Waals surface area contributed by atoms with Gasteiger partial charge in [0, 0.05) is 19.3 Å². The Balaban J connectivity index is 1.75. The minimum Gasteiger partial charge on any atom is -0.392 e. The Bertz CT molecular complexity index is 508. The molecule has 0 fully saturated rings. The first kappa shape index (κ1) is 14.4. The van der Waals surface area contributed by atoms with E-state index in [0.717, 1.165) is 12.0 Å². The number of hydrogen-bond acceptors (Lipinski definition) is 4. The highest BCUT2D eigenvalue weighted by Crippen LogP contribution is 2.17. The molecule has 1 heterocycles. The van der Waals surface area contributed by atoms with Crippen molar-refractivity contribution in [2.45, 2.75) is 45.1 Å². The number of carbonyl (C=O) groups excluding carboxylic acids is 2. The molecule has 4 heteroatoms. The smallest absolute Gasteiger partial charge is 0.180 e. The summed E-state index contributed by atoms with van der Waals surface area (Å²) in [7, 11) is 0. The number of carbonyl (C=O) groups is 2. The molecule has 106 valence electrons. The Labute approximate surface area is 118 Å². The summed E-state index contributed by atoms with van der Waals surface area (Å²) < 4.78 is 0. The quantitative estimate of drug-likeness (QED) is 0.767. The van der Waals surface area contributed by atoms with Gasteiger partial charge in [0.25, 0.3) is 0 Å². The van der Waals surface area contributed by atoms with Gasteiger partial charge >= 0.3 is 0 Å². The van der Waals surface area contributed by atoms with Gasteiger partial charge in [-0.1, -0.05) is 35.5 Å². The van der Waals surface area contributed by atoms with Crippen LogP contribution in [0.1, 0.15) is 38.2 Å². The lowest BCUT2D eigenvalue weighted by Crippen LogP contribution is -2.16. The average molecular weight is 273 g/mol. The summed E-state index contributed by atoms with van der Waals surface area (Å²) >= 11 is 0. The van der Waals surface area contributed by atoms with Crippen LogP contribution in [0.5, 0.6) is 0 Å². The molecule has 1 unspecified atom stereocenters. The molecule has 0 saturated carbocycles. The Hall–Kier alpha value is -1.97. The largest absolute Gasteiger partial charge is 0.392 e. The van der Waals surface area contributed by atoms with Gasteiger partial charge < -0.3 is 9.63 Å². The molecule has 1 aliphatic rings. The number of nitrogens with zero attached hydrogens (tertiary/aromatic N) is 1. The number of oxime groups is 1. The summed E-state index contributed by atoms with van der Waals surface area (Å²) in [6.07, 6.45) is 2.69. The molecule has 0 saturated heterocycles. The summed E-state index contributed by atoms with van der Waals surface area (Å²) in [5.74, 6) is 0.177. The predicted molar refractivity (Wildman–Crippen MR) is 76.6 cm³/mol. The van der Waals surface area contributed by atoms with E-state index in [4.69, 9.17) is 4.84 Å². The fourth-order valence-corrected chi connectivity index (χ4v) is 2.16. The third kappa shape index (κ3) is 4.30. The lowest BCUT2D eigenvalue weighted by molar-refractivity contribution is -0.117. The molecular formula is C16H19NO3. The van der Waals surface area contributed by atoms with Gasteiger partial charge in [-0.3, -0.25) is 4.79 Å². The molecule has 0 spiro atoms. The van der Waals surface area contributed by atoms with Crippen LogP contribution in [0, 0.1) is 0 Å². The molecule has 4 nitrogen and oxygen atoms in total. The molecule has 0 bridgehead atoms. The molecule has 0 amide bonds. The van der Waals surface area contributed by atoms with Crippen LogP contribution >= 0.6 is 0 Å². The van der Waals surface area contributed by atoms with E-state index in [1.807, 2.05) is 30.3 Å². The van der Waals surface area contributed by atoms with Crippen LogP contribution in [0.25, 0.3) is 0 Å². The zero-order valence-electron chi connectivity index (χ0n) is 11.7. The van der Waals surface area contributed by atoms with Crippen molar-refractivity contribution in [2.24, 2.45) is 5.16 Å². The molecule has 1 aliphatic heterocycles. The van der Waals surface area contributed by atoms with Crippen molar-refractivity contribution in [2.75, 3.05) is 0 Å². The molecule has 1 atom stereocenters. The molecule has 0 aliphatic carbocycles. The summed E-state index contributed by atoms with van der Waals surface area (Å²) in [6, 6.07) is 9.91. The first-order valence-electron chi connectivity index (χ1n) is 6.94. The monoisotopic (exact) mass is 273 g/mol. The van der Waals surface area contributed by atoms with Crippen molar-refractivity contribution < 1.29 is 14.4 Å². The highest BCUT2D eigenvalue weighted by Gasteiger charge is 2.25. The van der Waals surface area contributed by atoms with Crippen LogP contribution in [-0.2, 0) is 20.8 Å². The topological polar surface area (TPSA) is 55.7 Å². The summed E-state index contributed by atoms with van der Waals surface area (Å²) in [5.41, 5.74) is 1.66. The van der Waals surface area contributed by atoms with E-state index in [1.165, 1.54) is 0 Å². The number of ketones is 2. The van der Waals surface area contributed by atoms with Crippen molar-refractivity contribution in [1.29, 1.82) is 0 Å². The van der Waals surface area contributed by atoms with Gasteiger partial charge in [0.2, 0.25) is 0 Å². The minimum absolute atomic E-state index is 0.0409. The van der Waals surface area contributed by atoms with Crippen LogP contribution < -0.4 is 0 Å². The highest BCUT2D eigenvalue weighted by molar-refractivity contribution is 6.40. The minimum atomic E-state index is -0.116. The predicted octanol–water partition coefficient (Wildman–Crippen LogP) is 2.70. The van der Waals surface area contributed by atoms with Crippen molar-refractivity contribution in [3.05, 3.63) is 35.9 Å². The molecule has 2 rings (SSSR count). The number of hydrogen-bond donors (Lipinski definition) is 0. The Morgan fingerprint density at radius 3 is 2.70 bits per heavy atom. The molecule has 1 aromatic carbocycles. The lowest BCUT2D eigenvalue weighted by atomic mass is 10.0. The fourth-order valence-electron chi connectivity index (χ4n) is 2.16. The van der Waals surface area contributed by atoms with Crippen LogP contribution in [0.2, 0.25) is 0 Å². The SMILES string of the molecule is CC(=O)CCC1CC(C(=O)CCc2ccccc2)=NO1. The van der Waals surface area contributed by atoms with Crippen molar-refractivity contribution in [3.63, 3.8) is 0 Å². The maximum atomic E-state index is 12.0. The van der Waals surface area contributed by atoms with E-state index in [9.17, 15) is 9.59 Å². The van der Waals surface area contributed by atoms with Gasteiger partial charge in [-0.05, 0) is 25.3 Å². The van der Waals surface area contributed by atoms with Crippen molar-refractivity contribution in [3.8, 4) is 0 Å².